The van der Waals surface area contributed by atoms with Gasteiger partial charge in [-0.3, -0.25) is 0 Å². The van der Waals surface area contributed by atoms with Crippen LogP contribution in [0.4, 0.5) is 17.8 Å². The molecule has 4 N–H and O–H groups in total. The van der Waals surface area contributed by atoms with Crippen molar-refractivity contribution in [3.8, 4) is 0 Å². The SMILES string of the molecule is CCCCOCNc1nc(N)nc(N=N)n1. The Kier molecular flexibility index (Phi) is 5.06. The van der Waals surface area contributed by atoms with Gasteiger partial charge in [-0.15, -0.1) is 5.11 Å². The number of anilines is 2. The van der Waals surface area contributed by atoms with Gasteiger partial charge in [0, 0.05) is 6.61 Å². The summed E-state index contributed by atoms with van der Waals surface area (Å²) in [6, 6.07) is 0. The summed E-state index contributed by atoms with van der Waals surface area (Å²) in [5, 5.41) is 5.89. The standard InChI is InChI=1S/C8H15N7O/c1-2-3-4-16-5-11-7-12-6(9)13-8(14-7)15-10/h10H,2-5H2,1H3,(H3,9,11,12,13,14). The van der Waals surface area contributed by atoms with Crippen LogP contribution in [0.25, 0.3) is 0 Å². The average Bonchev–Trinajstić information content (AvgIpc) is 2.28. The molecule has 0 atom stereocenters. The van der Waals surface area contributed by atoms with Crippen molar-refractivity contribution in [1.29, 1.82) is 5.53 Å². The average molecular weight is 225 g/mol. The number of nitrogens with one attached hydrogen (secondary N) is 2. The number of hydrogen-bond donors (Lipinski definition) is 3. The van der Waals surface area contributed by atoms with Crippen molar-refractivity contribution in [2.75, 3.05) is 24.4 Å². The van der Waals surface area contributed by atoms with Gasteiger partial charge in [0.2, 0.25) is 11.9 Å². The van der Waals surface area contributed by atoms with E-state index < -0.39 is 0 Å². The molecule has 1 rings (SSSR count). The van der Waals surface area contributed by atoms with Crippen molar-refractivity contribution in [2.45, 2.75) is 19.8 Å². The summed E-state index contributed by atoms with van der Waals surface area (Å²) in [7, 11) is 0. The van der Waals surface area contributed by atoms with Gasteiger partial charge in [-0.25, -0.2) is 5.53 Å². The molecule has 0 saturated carbocycles. The largest absolute Gasteiger partial charge is 0.368 e. The Morgan fingerprint density at radius 2 is 2.25 bits per heavy atom. The lowest BCUT2D eigenvalue weighted by Crippen LogP contribution is -2.11. The fourth-order valence-corrected chi connectivity index (χ4v) is 0.944. The highest BCUT2D eigenvalue weighted by Crippen LogP contribution is 2.08. The Labute approximate surface area is 93.2 Å². The fourth-order valence-electron chi connectivity index (χ4n) is 0.944. The molecule has 8 nitrogen and oxygen atoms in total. The highest BCUT2D eigenvalue weighted by molar-refractivity contribution is 5.35. The van der Waals surface area contributed by atoms with Crippen LogP contribution >= 0.6 is 0 Å². The third-order valence-corrected chi connectivity index (χ3v) is 1.72. The molecule has 88 valence electrons. The van der Waals surface area contributed by atoms with Crippen LogP contribution in [-0.4, -0.2) is 28.3 Å². The number of aromatic nitrogens is 3. The predicted molar refractivity (Wildman–Crippen MR) is 58.4 cm³/mol. The van der Waals surface area contributed by atoms with Gasteiger partial charge in [-0.1, -0.05) is 13.3 Å². The lowest BCUT2D eigenvalue weighted by atomic mass is 10.4. The Bertz CT molecular complexity index is 343. The maximum Gasteiger partial charge on any atom is 0.274 e. The van der Waals surface area contributed by atoms with Crippen LogP contribution in [-0.2, 0) is 4.74 Å². The van der Waals surface area contributed by atoms with Crippen molar-refractivity contribution in [2.24, 2.45) is 5.11 Å². The van der Waals surface area contributed by atoms with Crippen LogP contribution < -0.4 is 11.1 Å². The van der Waals surface area contributed by atoms with Gasteiger partial charge in [-0.2, -0.15) is 15.0 Å². The summed E-state index contributed by atoms with van der Waals surface area (Å²) < 4.78 is 5.26. The minimum absolute atomic E-state index is 0.0245. The van der Waals surface area contributed by atoms with Crippen LogP contribution in [0.3, 0.4) is 0 Å². The quantitative estimate of drug-likeness (QED) is 0.365. The third-order valence-electron chi connectivity index (χ3n) is 1.72. The zero-order chi connectivity index (χ0) is 11.8. The molecule has 0 aromatic carbocycles. The summed E-state index contributed by atoms with van der Waals surface area (Å²) in [5.74, 6) is 0.260. The van der Waals surface area contributed by atoms with E-state index >= 15 is 0 Å². The van der Waals surface area contributed by atoms with Crippen molar-refractivity contribution in [3.05, 3.63) is 0 Å². The van der Waals surface area contributed by atoms with Crippen LogP contribution in [0.1, 0.15) is 19.8 Å². The van der Waals surface area contributed by atoms with Gasteiger partial charge >= 0.3 is 0 Å². The highest BCUT2D eigenvalue weighted by Gasteiger charge is 2.02. The number of nitrogens with two attached hydrogens (primary N) is 1. The normalized spacial score (nSPS) is 10.1. The maximum atomic E-state index is 6.76. The van der Waals surface area contributed by atoms with Crippen LogP contribution in [0.5, 0.6) is 0 Å². The number of nitrogens with zero attached hydrogens (tertiary/aromatic N) is 4. The Balaban J connectivity index is 2.41. The molecule has 0 unspecified atom stereocenters. The summed E-state index contributed by atoms with van der Waals surface area (Å²) in [5.41, 5.74) is 12.2. The molecule has 8 heteroatoms. The van der Waals surface area contributed by atoms with E-state index in [-0.39, 0.29) is 17.8 Å². The fraction of sp³-hybridized carbons (Fsp3) is 0.625. The number of unbranched alkanes of at least 4 members (excludes halogenated alkanes) is 1. The molecule has 1 aromatic rings. The van der Waals surface area contributed by atoms with E-state index in [1.165, 1.54) is 0 Å². The zero-order valence-corrected chi connectivity index (χ0v) is 9.10. The lowest BCUT2D eigenvalue weighted by molar-refractivity contribution is 0.148. The third kappa shape index (κ3) is 4.13. The number of ether oxygens (including phenoxy) is 1. The van der Waals surface area contributed by atoms with Crippen LogP contribution in [0.2, 0.25) is 0 Å². The van der Waals surface area contributed by atoms with Crippen molar-refractivity contribution in [3.63, 3.8) is 0 Å². The number of rotatable bonds is 7. The molecule has 0 bridgehead atoms. The molecule has 0 aliphatic carbocycles. The second kappa shape index (κ2) is 6.62. The molecule has 0 saturated heterocycles. The molecule has 0 spiro atoms. The van der Waals surface area contributed by atoms with E-state index in [0.29, 0.717) is 13.3 Å². The van der Waals surface area contributed by atoms with E-state index in [1.54, 1.807) is 0 Å². The summed E-state index contributed by atoms with van der Waals surface area (Å²) in [6.45, 7) is 3.06. The molecular formula is C8H15N7O. The monoisotopic (exact) mass is 225 g/mol. The van der Waals surface area contributed by atoms with Gasteiger partial charge < -0.3 is 15.8 Å². The molecule has 0 radical (unpaired) electrons. The van der Waals surface area contributed by atoms with Crippen molar-refractivity contribution in [1.82, 2.24) is 15.0 Å². The molecule has 0 aliphatic rings. The van der Waals surface area contributed by atoms with Crippen molar-refractivity contribution < 1.29 is 4.74 Å². The van der Waals surface area contributed by atoms with E-state index in [4.69, 9.17) is 16.0 Å². The predicted octanol–water partition coefficient (Wildman–Crippen LogP) is 1.30. The molecule has 0 aliphatic heterocycles. The topological polar surface area (TPSA) is 122 Å². The summed E-state index contributed by atoms with van der Waals surface area (Å²) in [4.78, 5) is 11.3. The first-order valence-electron chi connectivity index (χ1n) is 4.97. The molecule has 1 aromatic heterocycles. The van der Waals surface area contributed by atoms with E-state index in [9.17, 15) is 0 Å². The second-order valence-electron chi connectivity index (χ2n) is 3.01. The first-order chi connectivity index (χ1) is 7.76. The molecule has 0 fully saturated rings. The molecular weight excluding hydrogens is 210 g/mol. The van der Waals surface area contributed by atoms with E-state index in [1.807, 2.05) is 0 Å². The lowest BCUT2D eigenvalue weighted by Gasteiger charge is -2.05. The van der Waals surface area contributed by atoms with E-state index in [0.717, 1.165) is 12.8 Å². The Morgan fingerprint density at radius 3 is 2.94 bits per heavy atom. The first kappa shape index (κ1) is 12.2. The van der Waals surface area contributed by atoms with Gasteiger partial charge in [0.15, 0.2) is 0 Å². The molecule has 0 amide bonds. The highest BCUT2D eigenvalue weighted by atomic mass is 16.5. The first-order valence-corrected chi connectivity index (χ1v) is 4.97. The van der Waals surface area contributed by atoms with Gasteiger partial charge in [0.05, 0.1) is 0 Å². The van der Waals surface area contributed by atoms with E-state index in [2.05, 4.69) is 32.3 Å². The van der Waals surface area contributed by atoms with Crippen LogP contribution in [0.15, 0.2) is 5.11 Å². The zero-order valence-electron chi connectivity index (χ0n) is 9.10. The summed E-state index contributed by atoms with van der Waals surface area (Å²) >= 11 is 0. The van der Waals surface area contributed by atoms with Gasteiger partial charge in [-0.05, 0) is 6.42 Å². The second-order valence-corrected chi connectivity index (χ2v) is 3.01. The minimum Gasteiger partial charge on any atom is -0.368 e. The Hall–Kier alpha value is -1.83. The van der Waals surface area contributed by atoms with Crippen molar-refractivity contribution >= 4 is 17.8 Å². The molecule has 1 heterocycles. The number of hydrogen-bond acceptors (Lipinski definition) is 8. The summed E-state index contributed by atoms with van der Waals surface area (Å²) in [6.07, 6.45) is 2.09. The minimum atomic E-state index is -0.0245. The van der Waals surface area contributed by atoms with Gasteiger partial charge in [0.1, 0.15) is 6.73 Å². The maximum absolute atomic E-state index is 6.76. The Morgan fingerprint density at radius 1 is 1.44 bits per heavy atom. The molecule has 16 heavy (non-hydrogen) atoms. The number of nitrogen functional groups attached to an aromatic ring is 1. The smallest absolute Gasteiger partial charge is 0.274 e. The van der Waals surface area contributed by atoms with Gasteiger partial charge in [0.25, 0.3) is 5.95 Å². The van der Waals surface area contributed by atoms with Crippen LogP contribution in [0, 0.1) is 5.53 Å².